The van der Waals surface area contributed by atoms with Gasteiger partial charge < -0.3 is 10.1 Å². The van der Waals surface area contributed by atoms with Crippen LogP contribution in [0, 0.1) is 11.3 Å². The minimum Gasteiger partial charge on any atom is -0.497 e. The van der Waals surface area contributed by atoms with Crippen LogP contribution in [0.1, 0.15) is 36.4 Å². The number of nitriles is 1. The smallest absolute Gasteiger partial charge is 0.162 e. The average molecular weight is 375 g/mol. The summed E-state index contributed by atoms with van der Waals surface area (Å²) in [6, 6.07) is 11.6. The van der Waals surface area contributed by atoms with Crippen molar-refractivity contribution in [3.05, 3.63) is 40.5 Å². The Hall–Kier alpha value is -1.81. The van der Waals surface area contributed by atoms with E-state index in [1.807, 2.05) is 12.1 Å². The molecule has 25 heavy (non-hydrogen) atoms. The third-order valence-electron chi connectivity index (χ3n) is 4.97. The molecule has 5 nitrogen and oxygen atoms in total. The van der Waals surface area contributed by atoms with Crippen LogP contribution < -0.4 is 10.1 Å². The molecule has 0 radical (unpaired) electrons. The third-order valence-corrected chi connectivity index (χ3v) is 6.12. The first-order valence-corrected chi connectivity index (χ1v) is 9.58. The Kier molecular flexibility index (Phi) is 4.55. The third kappa shape index (κ3) is 3.20. The number of hydrogen-bond donors (Lipinski definition) is 1. The minimum absolute atomic E-state index is 0.219. The van der Waals surface area contributed by atoms with Crippen LogP contribution in [0.15, 0.2) is 24.3 Å². The highest BCUT2D eigenvalue weighted by molar-refractivity contribution is 7.10. The van der Waals surface area contributed by atoms with Gasteiger partial charge in [-0.15, -0.1) is 0 Å². The maximum absolute atomic E-state index is 9.33. The number of benzene rings is 1. The van der Waals surface area contributed by atoms with E-state index in [1.165, 1.54) is 29.9 Å². The van der Waals surface area contributed by atoms with Crippen molar-refractivity contribution >= 4 is 28.1 Å². The zero-order valence-corrected chi connectivity index (χ0v) is 15.5. The largest absolute Gasteiger partial charge is 0.497 e. The Balaban J connectivity index is 1.64. The standard InChI is InChI=1S/C18H19ClN4OS/c1-24-13-4-2-3-11(9-13)16-15(7-8-23(16)12-5-6-12)21-18-14(10-20)17(19)22-25-18/h2-4,9,12,15-16,21H,5-8H2,1H3. The summed E-state index contributed by atoms with van der Waals surface area (Å²) in [6.07, 6.45) is 3.56. The van der Waals surface area contributed by atoms with E-state index in [1.54, 1.807) is 7.11 Å². The topological polar surface area (TPSA) is 61.2 Å². The maximum atomic E-state index is 9.33. The van der Waals surface area contributed by atoms with Gasteiger partial charge in [-0.05, 0) is 48.5 Å². The van der Waals surface area contributed by atoms with Crippen molar-refractivity contribution in [1.82, 2.24) is 9.27 Å². The van der Waals surface area contributed by atoms with Crippen molar-refractivity contribution in [3.8, 4) is 11.8 Å². The van der Waals surface area contributed by atoms with Gasteiger partial charge in [0.1, 0.15) is 22.4 Å². The average Bonchev–Trinajstić information content (AvgIpc) is 3.31. The molecule has 7 heteroatoms. The number of aromatic nitrogens is 1. The summed E-state index contributed by atoms with van der Waals surface area (Å²) in [4.78, 5) is 2.58. The van der Waals surface area contributed by atoms with Gasteiger partial charge in [-0.1, -0.05) is 23.7 Å². The molecule has 2 fully saturated rings. The molecule has 2 aliphatic rings. The van der Waals surface area contributed by atoms with Crippen LogP contribution in [-0.4, -0.2) is 35.0 Å². The van der Waals surface area contributed by atoms with Gasteiger partial charge in [-0.2, -0.15) is 9.64 Å². The highest BCUT2D eigenvalue weighted by Gasteiger charge is 2.43. The predicted octanol–water partition coefficient (Wildman–Crippen LogP) is 4.07. The van der Waals surface area contributed by atoms with Crippen LogP contribution in [0.2, 0.25) is 5.15 Å². The molecule has 0 spiro atoms. The Morgan fingerprint density at radius 3 is 2.96 bits per heavy atom. The van der Waals surface area contributed by atoms with E-state index in [9.17, 15) is 5.26 Å². The second-order valence-electron chi connectivity index (χ2n) is 6.52. The molecule has 2 unspecified atom stereocenters. The van der Waals surface area contributed by atoms with E-state index in [2.05, 4.69) is 32.8 Å². The number of halogens is 1. The van der Waals surface area contributed by atoms with Gasteiger partial charge in [0.15, 0.2) is 5.15 Å². The van der Waals surface area contributed by atoms with Gasteiger partial charge in [0, 0.05) is 18.6 Å². The van der Waals surface area contributed by atoms with Crippen molar-refractivity contribution < 1.29 is 4.74 Å². The van der Waals surface area contributed by atoms with Crippen molar-refractivity contribution in [1.29, 1.82) is 5.26 Å². The summed E-state index contributed by atoms with van der Waals surface area (Å²) in [5.74, 6) is 0.873. The quantitative estimate of drug-likeness (QED) is 0.854. The van der Waals surface area contributed by atoms with Crippen molar-refractivity contribution in [2.45, 2.75) is 37.4 Å². The normalized spacial score (nSPS) is 23.4. The first-order valence-electron chi connectivity index (χ1n) is 8.42. The first kappa shape index (κ1) is 16.6. The Morgan fingerprint density at radius 1 is 1.40 bits per heavy atom. The van der Waals surface area contributed by atoms with E-state index in [0.717, 1.165) is 23.7 Å². The first-order chi connectivity index (χ1) is 12.2. The van der Waals surface area contributed by atoms with Crippen molar-refractivity contribution in [3.63, 3.8) is 0 Å². The molecule has 1 saturated carbocycles. The summed E-state index contributed by atoms with van der Waals surface area (Å²) in [6.45, 7) is 1.05. The highest BCUT2D eigenvalue weighted by Crippen LogP contribution is 2.43. The predicted molar refractivity (Wildman–Crippen MR) is 99.3 cm³/mol. The summed E-state index contributed by atoms with van der Waals surface area (Å²) in [5, 5.41) is 13.9. The molecule has 1 aliphatic carbocycles. The van der Waals surface area contributed by atoms with E-state index >= 15 is 0 Å². The number of anilines is 1. The zero-order chi connectivity index (χ0) is 17.4. The van der Waals surface area contributed by atoms with Crippen LogP contribution in [0.5, 0.6) is 5.75 Å². The number of hydrogen-bond acceptors (Lipinski definition) is 6. The molecule has 1 N–H and O–H groups in total. The molecule has 1 aromatic carbocycles. The fourth-order valence-corrected chi connectivity index (χ4v) is 4.66. The maximum Gasteiger partial charge on any atom is 0.162 e. The second-order valence-corrected chi connectivity index (χ2v) is 7.65. The summed E-state index contributed by atoms with van der Waals surface area (Å²) in [7, 11) is 1.70. The Morgan fingerprint density at radius 2 is 2.24 bits per heavy atom. The van der Waals surface area contributed by atoms with Crippen molar-refractivity contribution in [2.24, 2.45) is 0 Å². The zero-order valence-electron chi connectivity index (χ0n) is 13.9. The molecule has 1 aromatic heterocycles. The molecular weight excluding hydrogens is 356 g/mol. The van der Waals surface area contributed by atoms with E-state index < -0.39 is 0 Å². The monoisotopic (exact) mass is 374 g/mol. The van der Waals surface area contributed by atoms with Gasteiger partial charge in [0.2, 0.25) is 0 Å². The lowest BCUT2D eigenvalue weighted by molar-refractivity contribution is 0.240. The lowest BCUT2D eigenvalue weighted by atomic mass is 9.99. The van der Waals surface area contributed by atoms with Crippen molar-refractivity contribution in [2.75, 3.05) is 19.0 Å². The molecule has 0 bridgehead atoms. The number of rotatable bonds is 5. The van der Waals surface area contributed by atoms with Crippen LogP contribution >= 0.6 is 23.1 Å². The molecule has 1 aliphatic heterocycles. The SMILES string of the molecule is COc1cccc(C2C(Nc3snc(Cl)c3C#N)CCN2C2CC2)c1. The van der Waals surface area contributed by atoms with Crippen LogP contribution in [-0.2, 0) is 0 Å². The molecule has 2 atom stereocenters. The molecule has 2 aromatic rings. The van der Waals surface area contributed by atoms with Crippen LogP contribution in [0.4, 0.5) is 5.00 Å². The molecule has 2 heterocycles. The minimum atomic E-state index is 0.219. The van der Waals surface area contributed by atoms with E-state index in [0.29, 0.717) is 11.6 Å². The second kappa shape index (κ2) is 6.83. The Labute approximate surface area is 156 Å². The van der Waals surface area contributed by atoms with Crippen LogP contribution in [0.3, 0.4) is 0 Å². The molecular formula is C18H19ClN4OS. The summed E-state index contributed by atoms with van der Waals surface area (Å²) >= 11 is 7.28. The van der Waals surface area contributed by atoms with Crippen LogP contribution in [0.25, 0.3) is 0 Å². The lowest BCUT2D eigenvalue weighted by Crippen LogP contribution is -2.32. The van der Waals surface area contributed by atoms with Gasteiger partial charge in [-0.3, -0.25) is 4.90 Å². The van der Waals surface area contributed by atoms with E-state index in [-0.39, 0.29) is 17.2 Å². The van der Waals surface area contributed by atoms with Gasteiger partial charge in [0.05, 0.1) is 13.2 Å². The molecule has 0 amide bonds. The number of nitrogens with zero attached hydrogens (tertiary/aromatic N) is 3. The van der Waals surface area contributed by atoms with Gasteiger partial charge >= 0.3 is 0 Å². The van der Waals surface area contributed by atoms with E-state index in [4.69, 9.17) is 16.3 Å². The fraction of sp³-hybridized carbons (Fsp3) is 0.444. The molecule has 130 valence electrons. The van der Waals surface area contributed by atoms with Gasteiger partial charge in [-0.25, -0.2) is 0 Å². The number of likely N-dealkylation sites (tertiary alicyclic amines) is 1. The molecule has 1 saturated heterocycles. The number of nitrogens with one attached hydrogen (secondary N) is 1. The number of methoxy groups -OCH3 is 1. The van der Waals surface area contributed by atoms with Gasteiger partial charge in [0.25, 0.3) is 0 Å². The molecule has 4 rings (SSSR count). The lowest BCUT2D eigenvalue weighted by Gasteiger charge is -2.29. The Bertz CT molecular complexity index is 814. The summed E-state index contributed by atoms with van der Waals surface area (Å²) in [5.41, 5.74) is 1.69. The fourth-order valence-electron chi connectivity index (χ4n) is 3.67. The summed E-state index contributed by atoms with van der Waals surface area (Å²) < 4.78 is 9.52. The highest BCUT2D eigenvalue weighted by atomic mass is 35.5. The number of ether oxygens (including phenoxy) is 1.